The van der Waals surface area contributed by atoms with Crippen LogP contribution < -0.4 is 5.32 Å². The fourth-order valence-corrected chi connectivity index (χ4v) is 3.98. The zero-order valence-corrected chi connectivity index (χ0v) is 13.6. The van der Waals surface area contributed by atoms with Crippen LogP contribution in [0.3, 0.4) is 0 Å². The summed E-state index contributed by atoms with van der Waals surface area (Å²) < 4.78 is 2.34. The van der Waals surface area contributed by atoms with Gasteiger partial charge in [-0.3, -0.25) is 4.68 Å². The highest BCUT2D eigenvalue weighted by molar-refractivity contribution is 6.30. The number of benzene rings is 1. The Morgan fingerprint density at radius 3 is 2.55 bits per heavy atom. The molecular weight excluding hydrogens is 294 g/mol. The summed E-state index contributed by atoms with van der Waals surface area (Å²) in [5.41, 5.74) is 5.33. The molecule has 0 saturated heterocycles. The van der Waals surface area contributed by atoms with Gasteiger partial charge in [0.1, 0.15) is 0 Å². The van der Waals surface area contributed by atoms with Gasteiger partial charge in [0, 0.05) is 29.1 Å². The quantitative estimate of drug-likeness (QED) is 0.907. The van der Waals surface area contributed by atoms with Gasteiger partial charge in [0.2, 0.25) is 0 Å². The molecule has 2 aromatic rings. The van der Waals surface area contributed by atoms with Crippen molar-refractivity contribution in [2.24, 2.45) is 0 Å². The molecular formula is C18H22ClN3. The van der Waals surface area contributed by atoms with E-state index in [-0.39, 0.29) is 0 Å². The second kappa shape index (κ2) is 6.05. The average molecular weight is 316 g/mol. The number of hydrogen-bond acceptors (Lipinski definition) is 2. The first-order valence-corrected chi connectivity index (χ1v) is 8.77. The van der Waals surface area contributed by atoms with E-state index in [1.54, 1.807) is 0 Å². The van der Waals surface area contributed by atoms with Gasteiger partial charge >= 0.3 is 0 Å². The smallest absolute Gasteiger partial charge is 0.0720 e. The van der Waals surface area contributed by atoms with Gasteiger partial charge in [-0.2, -0.15) is 5.10 Å². The lowest BCUT2D eigenvalue weighted by Gasteiger charge is -2.16. The third-order valence-corrected chi connectivity index (χ3v) is 5.22. The van der Waals surface area contributed by atoms with E-state index in [0.29, 0.717) is 6.04 Å². The fourth-order valence-electron chi connectivity index (χ4n) is 3.85. The molecule has 3 nitrogen and oxygen atoms in total. The lowest BCUT2D eigenvalue weighted by atomic mass is 10.0. The number of fused-ring (bicyclic) bond motifs is 1. The Morgan fingerprint density at radius 1 is 1.05 bits per heavy atom. The summed E-state index contributed by atoms with van der Waals surface area (Å²) in [4.78, 5) is 0. The molecule has 2 heterocycles. The molecule has 0 amide bonds. The third-order valence-electron chi connectivity index (χ3n) is 4.97. The van der Waals surface area contributed by atoms with Gasteiger partial charge in [-0.25, -0.2) is 0 Å². The van der Waals surface area contributed by atoms with E-state index in [2.05, 4.69) is 22.1 Å². The van der Waals surface area contributed by atoms with Crippen molar-refractivity contribution < 1.29 is 0 Å². The number of aromatic nitrogens is 2. The summed E-state index contributed by atoms with van der Waals surface area (Å²) in [7, 11) is 0. The van der Waals surface area contributed by atoms with Crippen molar-refractivity contribution in [1.82, 2.24) is 15.1 Å². The van der Waals surface area contributed by atoms with Crippen LogP contribution in [-0.2, 0) is 12.8 Å². The van der Waals surface area contributed by atoms with Crippen LogP contribution in [0.15, 0.2) is 24.3 Å². The van der Waals surface area contributed by atoms with Crippen LogP contribution in [0.2, 0.25) is 5.02 Å². The SMILES string of the molecule is Clc1ccc(-c2c3c(nn2C2CCCC2)CCNCC3)cc1. The molecule has 4 heteroatoms. The number of halogens is 1. The number of nitrogens with one attached hydrogen (secondary N) is 1. The molecule has 1 aromatic heterocycles. The maximum absolute atomic E-state index is 6.08. The van der Waals surface area contributed by atoms with Crippen LogP contribution in [-0.4, -0.2) is 22.9 Å². The minimum absolute atomic E-state index is 0.575. The van der Waals surface area contributed by atoms with Gasteiger partial charge in [-0.15, -0.1) is 0 Å². The first-order valence-electron chi connectivity index (χ1n) is 8.40. The second-order valence-corrected chi connectivity index (χ2v) is 6.85. The first kappa shape index (κ1) is 14.3. The molecule has 1 aliphatic carbocycles. The molecule has 116 valence electrons. The molecule has 22 heavy (non-hydrogen) atoms. The fraction of sp³-hybridized carbons (Fsp3) is 0.500. The molecule has 1 fully saturated rings. The summed E-state index contributed by atoms with van der Waals surface area (Å²) in [5.74, 6) is 0. The average Bonchev–Trinajstić information content (AvgIpc) is 3.11. The predicted molar refractivity (Wildman–Crippen MR) is 90.5 cm³/mol. The summed E-state index contributed by atoms with van der Waals surface area (Å²) in [6.07, 6.45) is 7.29. The number of hydrogen-bond donors (Lipinski definition) is 1. The molecule has 1 aromatic carbocycles. The van der Waals surface area contributed by atoms with E-state index in [0.717, 1.165) is 31.0 Å². The number of nitrogens with zero attached hydrogens (tertiary/aromatic N) is 2. The van der Waals surface area contributed by atoms with Gasteiger partial charge in [-0.1, -0.05) is 36.6 Å². The third kappa shape index (κ3) is 2.57. The molecule has 1 aliphatic heterocycles. The van der Waals surface area contributed by atoms with Crippen molar-refractivity contribution in [3.8, 4) is 11.3 Å². The molecule has 1 N–H and O–H groups in total. The van der Waals surface area contributed by atoms with E-state index in [1.165, 1.54) is 48.2 Å². The Hall–Kier alpha value is -1.32. The molecule has 0 atom stereocenters. The molecule has 0 unspecified atom stereocenters. The van der Waals surface area contributed by atoms with Gasteiger partial charge in [0.25, 0.3) is 0 Å². The summed E-state index contributed by atoms with van der Waals surface area (Å²) in [6.45, 7) is 2.08. The predicted octanol–water partition coefficient (Wildman–Crippen LogP) is 4.01. The van der Waals surface area contributed by atoms with E-state index in [1.807, 2.05) is 12.1 Å². The van der Waals surface area contributed by atoms with Crippen LogP contribution >= 0.6 is 11.6 Å². The highest BCUT2D eigenvalue weighted by Gasteiger charge is 2.26. The Morgan fingerprint density at radius 2 is 1.77 bits per heavy atom. The topological polar surface area (TPSA) is 29.9 Å². The zero-order chi connectivity index (χ0) is 14.9. The second-order valence-electron chi connectivity index (χ2n) is 6.41. The van der Waals surface area contributed by atoms with Crippen LogP contribution in [0.5, 0.6) is 0 Å². The molecule has 1 saturated carbocycles. The van der Waals surface area contributed by atoms with E-state index < -0.39 is 0 Å². The highest BCUT2D eigenvalue weighted by Crippen LogP contribution is 2.37. The first-order chi connectivity index (χ1) is 10.8. The Labute approximate surface area is 136 Å². The van der Waals surface area contributed by atoms with Gasteiger partial charge in [0.05, 0.1) is 17.4 Å². The van der Waals surface area contributed by atoms with Crippen molar-refractivity contribution in [1.29, 1.82) is 0 Å². The van der Waals surface area contributed by atoms with Crippen LogP contribution in [0, 0.1) is 0 Å². The van der Waals surface area contributed by atoms with Crippen LogP contribution in [0.4, 0.5) is 0 Å². The van der Waals surface area contributed by atoms with Crippen molar-refractivity contribution in [3.63, 3.8) is 0 Å². The molecule has 0 radical (unpaired) electrons. The monoisotopic (exact) mass is 315 g/mol. The standard InChI is InChI=1S/C18H22ClN3/c19-14-7-5-13(6-8-14)18-16-9-11-20-12-10-17(16)21-22(18)15-3-1-2-4-15/h5-8,15,20H,1-4,9-12H2. The summed E-state index contributed by atoms with van der Waals surface area (Å²) >= 11 is 6.08. The lowest BCUT2D eigenvalue weighted by Crippen LogP contribution is -2.17. The zero-order valence-electron chi connectivity index (χ0n) is 12.8. The number of rotatable bonds is 2. The summed E-state index contributed by atoms with van der Waals surface area (Å²) in [6, 6.07) is 8.84. The lowest BCUT2D eigenvalue weighted by molar-refractivity contribution is 0.466. The van der Waals surface area contributed by atoms with Gasteiger partial charge in [0.15, 0.2) is 0 Å². The normalized spacial score (nSPS) is 19.1. The van der Waals surface area contributed by atoms with Crippen LogP contribution in [0.1, 0.15) is 43.0 Å². The molecule has 0 bridgehead atoms. The maximum Gasteiger partial charge on any atom is 0.0720 e. The van der Waals surface area contributed by atoms with E-state index in [4.69, 9.17) is 16.7 Å². The van der Waals surface area contributed by atoms with E-state index >= 15 is 0 Å². The minimum Gasteiger partial charge on any atom is -0.316 e. The molecule has 2 aliphatic rings. The van der Waals surface area contributed by atoms with Gasteiger partial charge < -0.3 is 5.32 Å². The summed E-state index contributed by atoms with van der Waals surface area (Å²) in [5, 5.41) is 9.32. The van der Waals surface area contributed by atoms with Crippen molar-refractivity contribution >= 4 is 11.6 Å². The Balaban J connectivity index is 1.85. The van der Waals surface area contributed by atoms with Crippen molar-refractivity contribution in [2.45, 2.75) is 44.6 Å². The Bertz CT molecular complexity index is 654. The minimum atomic E-state index is 0.575. The van der Waals surface area contributed by atoms with Crippen molar-refractivity contribution in [3.05, 3.63) is 40.5 Å². The highest BCUT2D eigenvalue weighted by atomic mass is 35.5. The van der Waals surface area contributed by atoms with E-state index in [9.17, 15) is 0 Å². The van der Waals surface area contributed by atoms with Crippen LogP contribution in [0.25, 0.3) is 11.3 Å². The maximum atomic E-state index is 6.08. The molecule has 0 spiro atoms. The van der Waals surface area contributed by atoms with Crippen molar-refractivity contribution in [2.75, 3.05) is 13.1 Å². The molecule has 4 rings (SSSR count). The largest absolute Gasteiger partial charge is 0.316 e. The Kier molecular flexibility index (Phi) is 3.93. The van der Waals surface area contributed by atoms with Gasteiger partial charge in [-0.05, 0) is 37.9 Å².